The fourth-order valence-corrected chi connectivity index (χ4v) is 3.15. The Morgan fingerprint density at radius 2 is 1.66 bits per heavy atom. The van der Waals surface area contributed by atoms with Gasteiger partial charge in [0.05, 0.1) is 17.2 Å². The third-order valence-electron chi connectivity index (χ3n) is 4.06. The van der Waals surface area contributed by atoms with Crippen LogP contribution in [0.3, 0.4) is 0 Å². The van der Waals surface area contributed by atoms with Gasteiger partial charge in [-0.15, -0.1) is 11.3 Å². The first-order valence-electron chi connectivity index (χ1n) is 9.09. The van der Waals surface area contributed by atoms with Crippen molar-refractivity contribution in [3.05, 3.63) is 82.0 Å². The van der Waals surface area contributed by atoms with Crippen LogP contribution >= 0.6 is 11.3 Å². The van der Waals surface area contributed by atoms with Gasteiger partial charge in [0.1, 0.15) is 5.75 Å². The summed E-state index contributed by atoms with van der Waals surface area (Å²) in [6.45, 7) is 4.28. The highest BCUT2D eigenvalue weighted by molar-refractivity contribution is 7.12. The molecule has 0 aliphatic carbocycles. The first-order chi connectivity index (χ1) is 14.1. The number of anilines is 1. The van der Waals surface area contributed by atoms with E-state index in [4.69, 9.17) is 4.74 Å². The van der Waals surface area contributed by atoms with Gasteiger partial charge >= 0.3 is 0 Å². The van der Waals surface area contributed by atoms with Gasteiger partial charge in [-0.05, 0) is 67.3 Å². The Morgan fingerprint density at radius 1 is 0.966 bits per heavy atom. The molecular weight excluding hydrogens is 386 g/mol. The molecule has 0 atom stereocenters. The van der Waals surface area contributed by atoms with Crippen molar-refractivity contribution in [2.45, 2.75) is 13.8 Å². The van der Waals surface area contributed by atoms with Crippen LogP contribution in [0.4, 0.5) is 5.69 Å². The molecule has 2 amide bonds. The molecule has 6 nitrogen and oxygen atoms in total. The molecule has 0 saturated heterocycles. The number of carbonyl (C=O) groups is 2. The Hall–Kier alpha value is -3.45. The van der Waals surface area contributed by atoms with Gasteiger partial charge < -0.3 is 10.1 Å². The number of hydrogen-bond donors (Lipinski definition) is 2. The topological polar surface area (TPSA) is 79.8 Å². The molecule has 3 rings (SSSR count). The van der Waals surface area contributed by atoms with Crippen LogP contribution in [0.1, 0.15) is 39.4 Å². The van der Waals surface area contributed by atoms with Crippen molar-refractivity contribution >= 4 is 34.6 Å². The van der Waals surface area contributed by atoms with Crippen molar-refractivity contribution in [3.8, 4) is 5.75 Å². The van der Waals surface area contributed by atoms with Crippen molar-refractivity contribution in [1.29, 1.82) is 0 Å². The highest BCUT2D eigenvalue weighted by Crippen LogP contribution is 2.15. The molecule has 2 N–H and O–H groups in total. The lowest BCUT2D eigenvalue weighted by molar-refractivity contribution is 0.0954. The van der Waals surface area contributed by atoms with E-state index in [-0.39, 0.29) is 11.8 Å². The smallest absolute Gasteiger partial charge is 0.271 e. The molecule has 0 aliphatic heterocycles. The zero-order chi connectivity index (χ0) is 20.6. The van der Waals surface area contributed by atoms with E-state index < -0.39 is 0 Å². The van der Waals surface area contributed by atoms with E-state index in [1.165, 1.54) is 11.3 Å². The average molecular weight is 407 g/mol. The number of hydrogen-bond acceptors (Lipinski definition) is 5. The molecule has 1 aromatic heterocycles. The van der Waals surface area contributed by atoms with Crippen molar-refractivity contribution in [1.82, 2.24) is 5.43 Å². The Labute approximate surface area is 173 Å². The Bertz CT molecular complexity index is 995. The van der Waals surface area contributed by atoms with Crippen LogP contribution in [-0.2, 0) is 0 Å². The van der Waals surface area contributed by atoms with Crippen LogP contribution in [0, 0.1) is 0 Å². The Kier molecular flexibility index (Phi) is 6.76. The van der Waals surface area contributed by atoms with E-state index in [0.29, 0.717) is 28.4 Å². The van der Waals surface area contributed by atoms with Crippen LogP contribution in [0.5, 0.6) is 5.75 Å². The second-order valence-corrected chi connectivity index (χ2v) is 7.05. The summed E-state index contributed by atoms with van der Waals surface area (Å²) in [6, 6.07) is 17.8. The SMILES string of the molecule is CCOc1ccc(C(=O)N/N=C(\C)c2ccc(NC(=O)c3cccs3)cc2)cc1. The van der Waals surface area contributed by atoms with Crippen molar-refractivity contribution in [2.75, 3.05) is 11.9 Å². The molecule has 1 heterocycles. The standard InChI is InChI=1S/C22H21N3O3S/c1-3-28-19-12-8-17(9-13-19)21(26)25-24-15(2)16-6-10-18(11-7-16)23-22(27)20-5-4-14-29-20/h4-14H,3H2,1-2H3,(H,23,27)(H,25,26)/b24-15+. The molecule has 0 radical (unpaired) electrons. The summed E-state index contributed by atoms with van der Waals surface area (Å²) in [7, 11) is 0. The van der Waals surface area contributed by atoms with Gasteiger partial charge in [-0.3, -0.25) is 9.59 Å². The average Bonchev–Trinajstić information content (AvgIpc) is 3.28. The van der Waals surface area contributed by atoms with Crippen LogP contribution in [0.2, 0.25) is 0 Å². The summed E-state index contributed by atoms with van der Waals surface area (Å²) in [4.78, 5) is 25.0. The fourth-order valence-electron chi connectivity index (χ4n) is 2.53. The van der Waals surface area contributed by atoms with Crippen LogP contribution < -0.4 is 15.5 Å². The molecule has 0 spiro atoms. The van der Waals surface area contributed by atoms with Gasteiger partial charge in [-0.2, -0.15) is 5.10 Å². The van der Waals surface area contributed by atoms with Gasteiger partial charge in [0.15, 0.2) is 0 Å². The number of thiophene rings is 1. The summed E-state index contributed by atoms with van der Waals surface area (Å²) < 4.78 is 5.37. The maximum atomic E-state index is 12.2. The summed E-state index contributed by atoms with van der Waals surface area (Å²) in [5, 5.41) is 8.87. The lowest BCUT2D eigenvalue weighted by Crippen LogP contribution is -2.19. The van der Waals surface area contributed by atoms with E-state index in [2.05, 4.69) is 15.8 Å². The largest absolute Gasteiger partial charge is 0.494 e. The minimum Gasteiger partial charge on any atom is -0.494 e. The normalized spacial score (nSPS) is 11.0. The number of amides is 2. The van der Waals surface area contributed by atoms with Gasteiger partial charge in [-0.25, -0.2) is 5.43 Å². The lowest BCUT2D eigenvalue weighted by Gasteiger charge is -2.07. The monoisotopic (exact) mass is 407 g/mol. The summed E-state index contributed by atoms with van der Waals surface area (Å²) in [5.74, 6) is 0.281. The number of ether oxygens (including phenoxy) is 1. The van der Waals surface area contributed by atoms with E-state index in [1.807, 2.05) is 30.5 Å². The molecule has 3 aromatic rings. The van der Waals surface area contributed by atoms with E-state index >= 15 is 0 Å². The predicted molar refractivity (Wildman–Crippen MR) is 116 cm³/mol. The maximum absolute atomic E-state index is 12.2. The highest BCUT2D eigenvalue weighted by Gasteiger charge is 2.08. The van der Waals surface area contributed by atoms with Gasteiger partial charge in [0.25, 0.3) is 11.8 Å². The Balaban J connectivity index is 1.59. The summed E-state index contributed by atoms with van der Waals surface area (Å²) >= 11 is 1.39. The van der Waals surface area contributed by atoms with Crippen molar-refractivity contribution in [2.24, 2.45) is 5.10 Å². The van der Waals surface area contributed by atoms with E-state index in [0.717, 1.165) is 11.3 Å². The Morgan fingerprint density at radius 3 is 2.28 bits per heavy atom. The van der Waals surface area contributed by atoms with Crippen LogP contribution in [-0.4, -0.2) is 24.1 Å². The highest BCUT2D eigenvalue weighted by atomic mass is 32.1. The van der Waals surface area contributed by atoms with E-state index in [9.17, 15) is 9.59 Å². The molecule has 29 heavy (non-hydrogen) atoms. The number of benzene rings is 2. The molecule has 0 aliphatic rings. The van der Waals surface area contributed by atoms with E-state index in [1.54, 1.807) is 49.4 Å². The molecule has 0 unspecified atom stereocenters. The molecule has 148 valence electrons. The van der Waals surface area contributed by atoms with Gasteiger partial charge in [0.2, 0.25) is 0 Å². The molecule has 0 bridgehead atoms. The second kappa shape index (κ2) is 9.66. The van der Waals surface area contributed by atoms with Gasteiger partial charge in [0, 0.05) is 11.3 Å². The lowest BCUT2D eigenvalue weighted by atomic mass is 10.1. The first kappa shape index (κ1) is 20.3. The molecule has 0 saturated carbocycles. The fraction of sp³-hybridized carbons (Fsp3) is 0.136. The maximum Gasteiger partial charge on any atom is 0.271 e. The first-order valence-corrected chi connectivity index (χ1v) is 9.97. The third kappa shape index (κ3) is 5.52. The number of rotatable bonds is 7. The van der Waals surface area contributed by atoms with Crippen LogP contribution in [0.15, 0.2) is 71.1 Å². The molecule has 7 heteroatoms. The minimum absolute atomic E-state index is 0.138. The zero-order valence-electron chi connectivity index (χ0n) is 16.1. The number of nitrogens with one attached hydrogen (secondary N) is 2. The van der Waals surface area contributed by atoms with Crippen molar-refractivity contribution in [3.63, 3.8) is 0 Å². The van der Waals surface area contributed by atoms with Gasteiger partial charge in [-0.1, -0.05) is 18.2 Å². The number of hydrazone groups is 1. The molecule has 2 aromatic carbocycles. The summed E-state index contributed by atoms with van der Waals surface area (Å²) in [6.07, 6.45) is 0. The minimum atomic E-state index is -0.299. The number of nitrogens with zero attached hydrogens (tertiary/aromatic N) is 1. The number of carbonyl (C=O) groups excluding carboxylic acids is 2. The molecule has 0 fully saturated rings. The molecular formula is C22H21N3O3S. The second-order valence-electron chi connectivity index (χ2n) is 6.10. The summed E-state index contributed by atoms with van der Waals surface area (Å²) in [5.41, 5.74) is 5.24. The van der Waals surface area contributed by atoms with Crippen molar-refractivity contribution < 1.29 is 14.3 Å². The quantitative estimate of drug-likeness (QED) is 0.445. The van der Waals surface area contributed by atoms with Crippen LogP contribution in [0.25, 0.3) is 0 Å². The zero-order valence-corrected chi connectivity index (χ0v) is 17.0. The third-order valence-corrected chi connectivity index (χ3v) is 4.93. The predicted octanol–water partition coefficient (Wildman–Crippen LogP) is 4.55.